The topological polar surface area (TPSA) is 27.7 Å². The van der Waals surface area contributed by atoms with Crippen LogP contribution in [0.25, 0.3) is 0 Å². The highest BCUT2D eigenvalue weighted by atomic mass is 19.4. The van der Waals surface area contributed by atoms with E-state index in [1.54, 1.807) is 0 Å². The molecule has 1 rings (SSSR count). The van der Waals surface area contributed by atoms with E-state index in [-0.39, 0.29) is 11.5 Å². The summed E-state index contributed by atoms with van der Waals surface area (Å²) >= 11 is 0. The van der Waals surface area contributed by atoms with E-state index in [4.69, 9.17) is 9.47 Å². The fourth-order valence-electron chi connectivity index (χ4n) is 1.03. The van der Waals surface area contributed by atoms with E-state index in [1.165, 1.54) is 32.4 Å². The molecular weight excluding hydrogens is 213 g/mol. The van der Waals surface area contributed by atoms with E-state index in [0.717, 1.165) is 0 Å². The maximum absolute atomic E-state index is 12.0. The molecule has 0 amide bonds. The minimum atomic E-state index is -4.78. The summed E-state index contributed by atoms with van der Waals surface area (Å²) in [7, 11) is 2.50. The second-order valence-corrected chi connectivity index (χ2v) is 2.54. The van der Waals surface area contributed by atoms with E-state index in [0.29, 0.717) is 0 Å². The number of hydrogen-bond donors (Lipinski definition) is 0. The SMILES string of the molecule is COc1cccc(OC)c1OC(F)(F)F. The Bertz CT molecular complexity index is 314. The zero-order valence-corrected chi connectivity index (χ0v) is 8.09. The van der Waals surface area contributed by atoms with Crippen LogP contribution in [0.15, 0.2) is 18.2 Å². The minimum Gasteiger partial charge on any atom is -0.493 e. The van der Waals surface area contributed by atoms with Gasteiger partial charge in [-0.05, 0) is 12.1 Å². The Labute approximate surface area is 84.4 Å². The molecule has 0 unspecified atom stereocenters. The van der Waals surface area contributed by atoms with E-state index in [9.17, 15) is 13.2 Å². The quantitative estimate of drug-likeness (QED) is 0.786. The summed E-state index contributed by atoms with van der Waals surface area (Å²) < 4.78 is 49.4. The number of ether oxygens (including phenoxy) is 3. The van der Waals surface area contributed by atoms with Crippen molar-refractivity contribution in [1.82, 2.24) is 0 Å². The molecule has 0 spiro atoms. The highest BCUT2D eigenvalue weighted by Crippen LogP contribution is 2.39. The van der Waals surface area contributed by atoms with Gasteiger partial charge in [0.05, 0.1) is 14.2 Å². The molecule has 0 saturated heterocycles. The maximum atomic E-state index is 12.0. The van der Waals surface area contributed by atoms with Crippen molar-refractivity contribution in [2.75, 3.05) is 14.2 Å². The van der Waals surface area contributed by atoms with Crippen LogP contribution in [0, 0.1) is 0 Å². The Hall–Kier alpha value is -1.59. The predicted octanol–water partition coefficient (Wildman–Crippen LogP) is 2.60. The molecule has 0 aliphatic rings. The van der Waals surface area contributed by atoms with Gasteiger partial charge in [-0.25, -0.2) is 0 Å². The molecule has 1 aromatic rings. The molecule has 84 valence electrons. The van der Waals surface area contributed by atoms with Gasteiger partial charge in [-0.15, -0.1) is 13.2 Å². The predicted molar refractivity (Wildman–Crippen MR) is 46.2 cm³/mol. The van der Waals surface area contributed by atoms with Crippen LogP contribution in [-0.2, 0) is 0 Å². The summed E-state index contributed by atoms with van der Waals surface area (Å²) in [6.45, 7) is 0. The van der Waals surface area contributed by atoms with Gasteiger partial charge in [-0.2, -0.15) is 0 Å². The van der Waals surface area contributed by atoms with Gasteiger partial charge in [-0.3, -0.25) is 0 Å². The largest absolute Gasteiger partial charge is 0.573 e. The molecule has 3 nitrogen and oxygen atoms in total. The molecule has 1 aromatic carbocycles. The lowest BCUT2D eigenvalue weighted by atomic mass is 10.3. The van der Waals surface area contributed by atoms with Gasteiger partial charge in [0.15, 0.2) is 11.5 Å². The molecule has 0 fully saturated rings. The van der Waals surface area contributed by atoms with Gasteiger partial charge in [-0.1, -0.05) is 6.07 Å². The molecule has 0 saturated carbocycles. The van der Waals surface area contributed by atoms with Crippen molar-refractivity contribution in [2.45, 2.75) is 6.36 Å². The molecule has 0 aromatic heterocycles. The first-order valence-electron chi connectivity index (χ1n) is 3.94. The summed E-state index contributed by atoms with van der Waals surface area (Å²) in [5.41, 5.74) is 0. The Balaban J connectivity index is 3.11. The highest BCUT2D eigenvalue weighted by Gasteiger charge is 2.34. The van der Waals surface area contributed by atoms with E-state index < -0.39 is 12.1 Å². The monoisotopic (exact) mass is 222 g/mol. The maximum Gasteiger partial charge on any atom is 0.573 e. The van der Waals surface area contributed by atoms with Crippen molar-refractivity contribution < 1.29 is 27.4 Å². The number of benzene rings is 1. The second kappa shape index (κ2) is 4.29. The van der Waals surface area contributed by atoms with Crippen molar-refractivity contribution in [3.05, 3.63) is 18.2 Å². The van der Waals surface area contributed by atoms with Crippen LogP contribution in [0.3, 0.4) is 0 Å². The van der Waals surface area contributed by atoms with Crippen molar-refractivity contribution >= 4 is 0 Å². The third kappa shape index (κ3) is 2.93. The van der Waals surface area contributed by atoms with Crippen molar-refractivity contribution in [3.8, 4) is 17.2 Å². The van der Waals surface area contributed by atoms with Crippen LogP contribution in [0.4, 0.5) is 13.2 Å². The summed E-state index contributed by atoms with van der Waals surface area (Å²) in [6.07, 6.45) is -4.78. The molecule has 0 radical (unpaired) electrons. The summed E-state index contributed by atoms with van der Waals surface area (Å²) in [6, 6.07) is 4.20. The van der Waals surface area contributed by atoms with E-state index in [1.807, 2.05) is 0 Å². The van der Waals surface area contributed by atoms with Gasteiger partial charge in [0.1, 0.15) is 0 Å². The lowest BCUT2D eigenvalue weighted by Crippen LogP contribution is -2.18. The van der Waals surface area contributed by atoms with E-state index in [2.05, 4.69) is 4.74 Å². The van der Waals surface area contributed by atoms with E-state index >= 15 is 0 Å². The van der Waals surface area contributed by atoms with Crippen molar-refractivity contribution in [1.29, 1.82) is 0 Å². The number of alkyl halides is 3. The Morgan fingerprint density at radius 1 is 1.00 bits per heavy atom. The first-order valence-corrected chi connectivity index (χ1v) is 3.94. The Morgan fingerprint density at radius 2 is 1.47 bits per heavy atom. The average Bonchev–Trinajstić information content (AvgIpc) is 2.16. The molecule has 15 heavy (non-hydrogen) atoms. The molecule has 0 N–H and O–H groups in total. The van der Waals surface area contributed by atoms with Crippen LogP contribution in [0.1, 0.15) is 0 Å². The molecular formula is C9H9F3O3. The Kier molecular flexibility index (Phi) is 3.28. The number of halogens is 3. The van der Waals surface area contributed by atoms with Crippen LogP contribution in [0.2, 0.25) is 0 Å². The Morgan fingerprint density at radius 3 is 1.80 bits per heavy atom. The first-order chi connectivity index (χ1) is 6.98. The average molecular weight is 222 g/mol. The van der Waals surface area contributed by atoms with Crippen LogP contribution >= 0.6 is 0 Å². The number of methoxy groups -OCH3 is 2. The number of hydrogen-bond acceptors (Lipinski definition) is 3. The lowest BCUT2D eigenvalue weighted by Gasteiger charge is -2.14. The molecule has 6 heteroatoms. The fraction of sp³-hybridized carbons (Fsp3) is 0.333. The van der Waals surface area contributed by atoms with Crippen molar-refractivity contribution in [2.24, 2.45) is 0 Å². The molecule has 0 heterocycles. The number of para-hydroxylation sites is 1. The van der Waals surface area contributed by atoms with Gasteiger partial charge in [0.25, 0.3) is 0 Å². The van der Waals surface area contributed by atoms with Gasteiger partial charge in [0, 0.05) is 0 Å². The zero-order chi connectivity index (χ0) is 11.5. The third-order valence-corrected chi connectivity index (χ3v) is 1.60. The molecule has 0 bridgehead atoms. The minimum absolute atomic E-state index is 0.0355. The van der Waals surface area contributed by atoms with Gasteiger partial charge in [0.2, 0.25) is 5.75 Å². The molecule has 0 aliphatic heterocycles. The first kappa shape index (κ1) is 11.5. The van der Waals surface area contributed by atoms with Crippen LogP contribution < -0.4 is 14.2 Å². The van der Waals surface area contributed by atoms with Gasteiger partial charge >= 0.3 is 6.36 Å². The smallest absolute Gasteiger partial charge is 0.493 e. The highest BCUT2D eigenvalue weighted by molar-refractivity contribution is 5.51. The van der Waals surface area contributed by atoms with Crippen molar-refractivity contribution in [3.63, 3.8) is 0 Å². The zero-order valence-electron chi connectivity index (χ0n) is 8.09. The molecule has 0 atom stereocenters. The fourth-order valence-corrected chi connectivity index (χ4v) is 1.03. The molecule has 0 aliphatic carbocycles. The summed E-state index contributed by atoms with van der Waals surface area (Å²) in [5, 5.41) is 0. The summed E-state index contributed by atoms with van der Waals surface area (Å²) in [4.78, 5) is 0. The third-order valence-electron chi connectivity index (χ3n) is 1.60. The van der Waals surface area contributed by atoms with Crippen LogP contribution in [-0.4, -0.2) is 20.6 Å². The second-order valence-electron chi connectivity index (χ2n) is 2.54. The number of rotatable bonds is 3. The summed E-state index contributed by atoms with van der Waals surface area (Å²) in [5.74, 6) is -0.548. The van der Waals surface area contributed by atoms with Crippen LogP contribution in [0.5, 0.6) is 17.2 Å². The lowest BCUT2D eigenvalue weighted by molar-refractivity contribution is -0.275. The van der Waals surface area contributed by atoms with Gasteiger partial charge < -0.3 is 14.2 Å². The normalized spacial score (nSPS) is 11.0. The standard InChI is InChI=1S/C9H9F3O3/c1-13-6-4-3-5-7(14-2)8(6)15-9(10,11)12/h3-5H,1-2H3.